The van der Waals surface area contributed by atoms with E-state index in [1.165, 1.54) is 5.56 Å². The fourth-order valence-electron chi connectivity index (χ4n) is 1.84. The minimum Gasteiger partial charge on any atom is -0.379 e. The van der Waals surface area contributed by atoms with E-state index in [0.717, 1.165) is 31.7 Å². The fourth-order valence-corrected chi connectivity index (χ4v) is 1.84. The summed E-state index contributed by atoms with van der Waals surface area (Å²) in [7, 11) is 0. The van der Waals surface area contributed by atoms with Crippen LogP contribution in [0.25, 0.3) is 0 Å². The van der Waals surface area contributed by atoms with E-state index in [0.29, 0.717) is 0 Å². The van der Waals surface area contributed by atoms with Gasteiger partial charge in [-0.15, -0.1) is 0 Å². The van der Waals surface area contributed by atoms with Crippen LogP contribution >= 0.6 is 0 Å². The van der Waals surface area contributed by atoms with Crippen LogP contribution in [0.4, 0.5) is 5.69 Å². The fraction of sp³-hybridized carbons (Fsp3) is 0.588. The predicted molar refractivity (Wildman–Crippen MR) is 87.6 cm³/mol. The summed E-state index contributed by atoms with van der Waals surface area (Å²) < 4.78 is 5.48. The summed E-state index contributed by atoms with van der Waals surface area (Å²) in [5, 5.41) is 6.14. The van der Waals surface area contributed by atoms with E-state index in [9.17, 15) is 4.79 Å². The topological polar surface area (TPSA) is 50.4 Å². The van der Waals surface area contributed by atoms with Gasteiger partial charge in [0, 0.05) is 12.3 Å². The number of ether oxygens (including phenoxy) is 1. The first-order valence-electron chi connectivity index (χ1n) is 7.71. The lowest BCUT2D eigenvalue weighted by atomic mass is 10.2. The predicted octanol–water partition coefficient (Wildman–Crippen LogP) is 3.12. The molecule has 0 aromatic heterocycles. The van der Waals surface area contributed by atoms with Gasteiger partial charge in [-0.1, -0.05) is 17.7 Å². The number of hydrogen-bond acceptors (Lipinski definition) is 3. The smallest absolute Gasteiger partial charge is 0.241 e. The molecule has 1 unspecified atom stereocenters. The van der Waals surface area contributed by atoms with Crippen LogP contribution < -0.4 is 10.6 Å². The summed E-state index contributed by atoms with van der Waals surface area (Å²) in [5.74, 6) is -0.00252. The molecule has 1 aromatic carbocycles. The molecule has 4 nitrogen and oxygen atoms in total. The zero-order valence-electron chi connectivity index (χ0n) is 13.6. The second kappa shape index (κ2) is 9.53. The maximum atomic E-state index is 12.0. The quantitative estimate of drug-likeness (QED) is 0.688. The third-order valence-corrected chi connectivity index (χ3v) is 3.19. The molecule has 4 heteroatoms. The van der Waals surface area contributed by atoms with Crippen molar-refractivity contribution in [2.75, 3.05) is 18.5 Å². The van der Waals surface area contributed by atoms with Gasteiger partial charge in [0.25, 0.3) is 0 Å². The summed E-state index contributed by atoms with van der Waals surface area (Å²) in [6, 6.07) is 7.62. The Balaban J connectivity index is 2.18. The Morgan fingerprint density at radius 1 is 1.14 bits per heavy atom. The third kappa shape index (κ3) is 7.83. The largest absolute Gasteiger partial charge is 0.379 e. The van der Waals surface area contributed by atoms with Crippen LogP contribution in [-0.4, -0.2) is 31.2 Å². The van der Waals surface area contributed by atoms with Crippen LogP contribution in [0.1, 0.15) is 39.2 Å². The molecule has 0 fully saturated rings. The first-order valence-corrected chi connectivity index (χ1v) is 7.71. The second-order valence-electron chi connectivity index (χ2n) is 5.66. The van der Waals surface area contributed by atoms with Crippen molar-refractivity contribution in [1.29, 1.82) is 0 Å². The number of carbonyl (C=O) groups excluding carboxylic acids is 1. The number of unbranched alkanes of at least 4 members (excludes halogenated alkanes) is 1. The number of amides is 1. The highest BCUT2D eigenvalue weighted by Gasteiger charge is 2.11. The molecule has 1 atom stereocenters. The zero-order valence-corrected chi connectivity index (χ0v) is 13.6. The van der Waals surface area contributed by atoms with Gasteiger partial charge >= 0.3 is 0 Å². The number of benzene rings is 1. The van der Waals surface area contributed by atoms with Crippen LogP contribution in [0.15, 0.2) is 24.3 Å². The van der Waals surface area contributed by atoms with E-state index in [1.807, 2.05) is 52.0 Å². The molecule has 1 aromatic rings. The number of hydrogen-bond donors (Lipinski definition) is 2. The average molecular weight is 292 g/mol. The average Bonchev–Trinajstić information content (AvgIpc) is 2.44. The number of aryl methyl sites for hydroxylation is 1. The Kier molecular flexibility index (Phi) is 8.01. The van der Waals surface area contributed by atoms with Gasteiger partial charge in [-0.2, -0.15) is 0 Å². The van der Waals surface area contributed by atoms with Crippen molar-refractivity contribution in [2.24, 2.45) is 0 Å². The molecular formula is C17H28N2O2. The normalized spacial score (nSPS) is 12.4. The van der Waals surface area contributed by atoms with E-state index < -0.39 is 0 Å². The van der Waals surface area contributed by atoms with Gasteiger partial charge in [0.1, 0.15) is 0 Å². The molecule has 1 amide bonds. The molecule has 118 valence electrons. The molecule has 0 radical (unpaired) electrons. The number of rotatable bonds is 9. The van der Waals surface area contributed by atoms with Gasteiger partial charge in [-0.3, -0.25) is 4.79 Å². The summed E-state index contributed by atoms with van der Waals surface area (Å²) in [6.45, 7) is 9.59. The Bertz CT molecular complexity index is 415. The van der Waals surface area contributed by atoms with E-state index in [4.69, 9.17) is 4.74 Å². The minimum absolute atomic E-state index is 0.00252. The first-order chi connectivity index (χ1) is 9.99. The van der Waals surface area contributed by atoms with Crippen LogP contribution in [0.3, 0.4) is 0 Å². The van der Waals surface area contributed by atoms with Gasteiger partial charge < -0.3 is 15.4 Å². The molecule has 0 saturated carbocycles. The molecule has 0 aliphatic rings. The third-order valence-electron chi connectivity index (χ3n) is 3.19. The van der Waals surface area contributed by atoms with Crippen molar-refractivity contribution in [1.82, 2.24) is 5.32 Å². The van der Waals surface area contributed by atoms with E-state index >= 15 is 0 Å². The van der Waals surface area contributed by atoms with Crippen LogP contribution in [0.2, 0.25) is 0 Å². The van der Waals surface area contributed by atoms with E-state index in [2.05, 4.69) is 10.6 Å². The highest BCUT2D eigenvalue weighted by Crippen LogP contribution is 2.08. The first kappa shape index (κ1) is 17.7. The number of carbonyl (C=O) groups is 1. The highest BCUT2D eigenvalue weighted by molar-refractivity contribution is 5.94. The van der Waals surface area contributed by atoms with Crippen molar-refractivity contribution >= 4 is 11.6 Å². The molecule has 0 bridgehead atoms. The zero-order chi connectivity index (χ0) is 15.7. The molecule has 0 saturated heterocycles. The van der Waals surface area contributed by atoms with Gasteiger partial charge in [-0.25, -0.2) is 0 Å². The Labute approximate surface area is 128 Å². The van der Waals surface area contributed by atoms with E-state index in [1.54, 1.807) is 0 Å². The second-order valence-corrected chi connectivity index (χ2v) is 5.66. The van der Waals surface area contributed by atoms with Crippen molar-refractivity contribution in [3.8, 4) is 0 Å². The Morgan fingerprint density at radius 2 is 1.81 bits per heavy atom. The Hall–Kier alpha value is -1.39. The minimum atomic E-state index is -0.197. The van der Waals surface area contributed by atoms with Crippen LogP contribution in [0.5, 0.6) is 0 Å². The standard InChI is InChI=1S/C17H28N2O2/c1-13(2)21-12-6-5-11-18-15(4)17(20)19-16-9-7-14(3)8-10-16/h7-10,13,15,18H,5-6,11-12H2,1-4H3,(H,19,20). The van der Waals surface area contributed by atoms with Gasteiger partial charge in [-0.05, 0) is 59.2 Å². The van der Waals surface area contributed by atoms with Gasteiger partial charge in [0.05, 0.1) is 12.1 Å². The maximum absolute atomic E-state index is 12.0. The lowest BCUT2D eigenvalue weighted by molar-refractivity contribution is -0.117. The lowest BCUT2D eigenvalue weighted by Gasteiger charge is -2.14. The van der Waals surface area contributed by atoms with Gasteiger partial charge in [0.2, 0.25) is 5.91 Å². The van der Waals surface area contributed by atoms with Crippen LogP contribution in [-0.2, 0) is 9.53 Å². The summed E-state index contributed by atoms with van der Waals surface area (Å²) in [4.78, 5) is 12.0. The van der Waals surface area contributed by atoms with Gasteiger partial charge in [0.15, 0.2) is 0 Å². The summed E-state index contributed by atoms with van der Waals surface area (Å²) in [6.07, 6.45) is 2.31. The summed E-state index contributed by atoms with van der Waals surface area (Å²) >= 11 is 0. The van der Waals surface area contributed by atoms with Crippen molar-refractivity contribution in [3.63, 3.8) is 0 Å². The SMILES string of the molecule is Cc1ccc(NC(=O)C(C)NCCCCOC(C)C)cc1. The maximum Gasteiger partial charge on any atom is 0.241 e. The highest BCUT2D eigenvalue weighted by atomic mass is 16.5. The lowest BCUT2D eigenvalue weighted by Crippen LogP contribution is -2.38. The monoisotopic (exact) mass is 292 g/mol. The molecule has 0 aliphatic carbocycles. The molecule has 0 aliphatic heterocycles. The molecule has 2 N–H and O–H groups in total. The number of nitrogens with one attached hydrogen (secondary N) is 2. The van der Waals surface area contributed by atoms with Crippen molar-refractivity contribution < 1.29 is 9.53 Å². The molecule has 0 spiro atoms. The molecular weight excluding hydrogens is 264 g/mol. The van der Waals surface area contributed by atoms with Crippen LogP contribution in [0, 0.1) is 6.92 Å². The molecule has 1 rings (SSSR count). The molecule has 0 heterocycles. The van der Waals surface area contributed by atoms with E-state index in [-0.39, 0.29) is 18.1 Å². The van der Waals surface area contributed by atoms with Crippen molar-refractivity contribution in [2.45, 2.75) is 52.7 Å². The summed E-state index contributed by atoms with van der Waals surface area (Å²) in [5.41, 5.74) is 2.02. The number of anilines is 1. The Morgan fingerprint density at radius 3 is 2.43 bits per heavy atom. The van der Waals surface area contributed by atoms with Crippen molar-refractivity contribution in [3.05, 3.63) is 29.8 Å². The molecule has 21 heavy (non-hydrogen) atoms.